The molecule has 0 saturated carbocycles. The van der Waals surface area contributed by atoms with E-state index in [0.717, 1.165) is 0 Å². The van der Waals surface area contributed by atoms with Gasteiger partial charge in [0.25, 0.3) is 10.0 Å². The number of aromatic hydroxyl groups is 1. The lowest BCUT2D eigenvalue weighted by atomic mass is 10.2. The third-order valence-corrected chi connectivity index (χ3v) is 3.79. The molecule has 5 nitrogen and oxygen atoms in total. The van der Waals surface area contributed by atoms with Crippen molar-refractivity contribution in [2.45, 2.75) is 4.90 Å². The molecule has 0 atom stereocenters. The van der Waals surface area contributed by atoms with Crippen molar-refractivity contribution in [3.8, 4) is 11.8 Å². The molecule has 0 fully saturated rings. The summed E-state index contributed by atoms with van der Waals surface area (Å²) in [4.78, 5) is 0.0508. The molecule has 0 amide bonds. The zero-order valence-corrected chi connectivity index (χ0v) is 10.6. The highest BCUT2D eigenvalue weighted by molar-refractivity contribution is 7.92. The molecule has 2 aromatic rings. The Hall–Kier alpha value is -2.52. The summed E-state index contributed by atoms with van der Waals surface area (Å²) < 4.78 is 26.4. The fraction of sp³-hybridized carbons (Fsp3) is 0. The van der Waals surface area contributed by atoms with Gasteiger partial charge in [-0.3, -0.25) is 4.72 Å². The van der Waals surface area contributed by atoms with E-state index in [9.17, 15) is 13.5 Å². The highest BCUT2D eigenvalue weighted by atomic mass is 32.2. The van der Waals surface area contributed by atoms with Crippen LogP contribution < -0.4 is 4.72 Å². The van der Waals surface area contributed by atoms with Crippen LogP contribution in [-0.2, 0) is 10.0 Å². The van der Waals surface area contributed by atoms with Crippen LogP contribution in [0.1, 0.15) is 5.56 Å². The molecule has 6 heteroatoms. The maximum Gasteiger partial charge on any atom is 0.261 e. The number of nitrogens with one attached hydrogen (secondary N) is 1. The molecule has 0 spiro atoms. The van der Waals surface area contributed by atoms with Gasteiger partial charge in [0.2, 0.25) is 0 Å². The number of sulfonamides is 1. The Morgan fingerprint density at radius 1 is 1.11 bits per heavy atom. The largest absolute Gasteiger partial charge is 0.508 e. The summed E-state index contributed by atoms with van der Waals surface area (Å²) in [6, 6.07) is 13.3. The Morgan fingerprint density at radius 3 is 2.37 bits per heavy atom. The van der Waals surface area contributed by atoms with Gasteiger partial charge in [-0.1, -0.05) is 6.07 Å². The van der Waals surface area contributed by atoms with E-state index < -0.39 is 10.0 Å². The first-order valence-electron chi connectivity index (χ1n) is 5.33. The molecule has 0 aromatic heterocycles. The van der Waals surface area contributed by atoms with Gasteiger partial charge in [-0.05, 0) is 36.4 Å². The van der Waals surface area contributed by atoms with Crippen LogP contribution in [0.2, 0.25) is 0 Å². The molecule has 0 radical (unpaired) electrons. The zero-order valence-electron chi connectivity index (χ0n) is 9.74. The fourth-order valence-corrected chi connectivity index (χ4v) is 2.54. The molecular formula is C13H10N2O3S. The molecule has 2 N–H and O–H groups in total. The molecule has 2 aromatic carbocycles. The summed E-state index contributed by atoms with van der Waals surface area (Å²) in [6.45, 7) is 0. The van der Waals surface area contributed by atoms with Crippen LogP contribution in [0.3, 0.4) is 0 Å². The molecule has 2 rings (SSSR count). The normalized spacial score (nSPS) is 10.7. The van der Waals surface area contributed by atoms with Crippen LogP contribution in [0.25, 0.3) is 0 Å². The van der Waals surface area contributed by atoms with Crippen molar-refractivity contribution in [1.82, 2.24) is 0 Å². The van der Waals surface area contributed by atoms with Crippen LogP contribution in [0.15, 0.2) is 53.4 Å². The van der Waals surface area contributed by atoms with Gasteiger partial charge < -0.3 is 5.11 Å². The van der Waals surface area contributed by atoms with E-state index in [-0.39, 0.29) is 16.3 Å². The molecule has 96 valence electrons. The minimum Gasteiger partial charge on any atom is -0.508 e. The molecule has 0 aliphatic heterocycles. The summed E-state index contributed by atoms with van der Waals surface area (Å²) in [5.41, 5.74) is 0.653. The van der Waals surface area contributed by atoms with Crippen molar-refractivity contribution >= 4 is 15.7 Å². The molecule has 0 unspecified atom stereocenters. The number of hydrogen-bond donors (Lipinski definition) is 2. The van der Waals surface area contributed by atoms with Gasteiger partial charge in [-0.25, -0.2) is 8.42 Å². The number of benzene rings is 2. The molecule has 0 heterocycles. The van der Waals surface area contributed by atoms with Crippen molar-refractivity contribution < 1.29 is 13.5 Å². The average Bonchev–Trinajstić information content (AvgIpc) is 2.38. The summed E-state index contributed by atoms with van der Waals surface area (Å²) in [7, 11) is -3.73. The molecular weight excluding hydrogens is 264 g/mol. The topological polar surface area (TPSA) is 90.2 Å². The number of nitriles is 1. The monoisotopic (exact) mass is 274 g/mol. The van der Waals surface area contributed by atoms with E-state index in [1.54, 1.807) is 0 Å². The van der Waals surface area contributed by atoms with Crippen molar-refractivity contribution in [2.75, 3.05) is 4.72 Å². The van der Waals surface area contributed by atoms with Gasteiger partial charge in [0.05, 0.1) is 22.2 Å². The highest BCUT2D eigenvalue weighted by Crippen LogP contribution is 2.19. The molecule has 0 aliphatic rings. The van der Waals surface area contributed by atoms with Gasteiger partial charge in [0.15, 0.2) is 0 Å². The predicted octanol–water partition coefficient (Wildman–Crippen LogP) is 2.06. The Labute approximate surface area is 110 Å². The first-order chi connectivity index (χ1) is 9.01. The Morgan fingerprint density at radius 2 is 1.79 bits per heavy atom. The Bertz CT molecular complexity index is 731. The second-order valence-corrected chi connectivity index (χ2v) is 5.47. The van der Waals surface area contributed by atoms with Crippen LogP contribution in [0, 0.1) is 11.3 Å². The SMILES string of the molecule is N#Cc1ccc(S(=O)(=O)Nc2cccc(O)c2)cc1. The lowest BCUT2D eigenvalue weighted by molar-refractivity contribution is 0.475. The van der Waals surface area contributed by atoms with Crippen molar-refractivity contribution in [1.29, 1.82) is 5.26 Å². The molecule has 19 heavy (non-hydrogen) atoms. The second-order valence-electron chi connectivity index (χ2n) is 3.79. The number of nitrogens with zero attached hydrogens (tertiary/aromatic N) is 1. The number of phenolic OH excluding ortho intramolecular Hbond substituents is 1. The number of anilines is 1. The van der Waals surface area contributed by atoms with Crippen molar-refractivity contribution in [3.63, 3.8) is 0 Å². The van der Waals surface area contributed by atoms with Gasteiger partial charge in [0.1, 0.15) is 5.75 Å². The van der Waals surface area contributed by atoms with E-state index >= 15 is 0 Å². The maximum atomic E-state index is 12.0. The van der Waals surface area contributed by atoms with Crippen molar-refractivity contribution in [3.05, 3.63) is 54.1 Å². The third kappa shape index (κ3) is 3.03. The Kier molecular flexibility index (Phi) is 3.40. The summed E-state index contributed by atoms with van der Waals surface area (Å²) >= 11 is 0. The minimum absolute atomic E-state index is 0.0278. The van der Waals surface area contributed by atoms with Crippen LogP contribution in [-0.4, -0.2) is 13.5 Å². The molecule has 0 bridgehead atoms. The fourth-order valence-electron chi connectivity index (χ4n) is 1.49. The van der Waals surface area contributed by atoms with Crippen LogP contribution >= 0.6 is 0 Å². The Balaban J connectivity index is 2.30. The summed E-state index contributed by atoms with van der Waals surface area (Å²) in [5.74, 6) is -0.0278. The van der Waals surface area contributed by atoms with E-state index in [0.29, 0.717) is 5.56 Å². The number of rotatable bonds is 3. The quantitative estimate of drug-likeness (QED) is 0.896. The standard InChI is InChI=1S/C13H10N2O3S/c14-9-10-4-6-13(7-5-10)19(17,18)15-11-2-1-3-12(16)8-11/h1-8,15-16H. The second kappa shape index (κ2) is 5.00. The van der Waals surface area contributed by atoms with Gasteiger partial charge in [-0.15, -0.1) is 0 Å². The van der Waals surface area contributed by atoms with E-state index in [2.05, 4.69) is 4.72 Å². The molecule has 0 saturated heterocycles. The van der Waals surface area contributed by atoms with E-state index in [1.165, 1.54) is 48.5 Å². The van der Waals surface area contributed by atoms with Gasteiger partial charge >= 0.3 is 0 Å². The van der Waals surface area contributed by atoms with E-state index in [1.807, 2.05) is 6.07 Å². The van der Waals surface area contributed by atoms with Crippen molar-refractivity contribution in [2.24, 2.45) is 0 Å². The minimum atomic E-state index is -3.73. The smallest absolute Gasteiger partial charge is 0.261 e. The first-order valence-corrected chi connectivity index (χ1v) is 6.81. The van der Waals surface area contributed by atoms with Crippen LogP contribution in [0.5, 0.6) is 5.75 Å². The van der Waals surface area contributed by atoms with Gasteiger partial charge in [0, 0.05) is 6.07 Å². The van der Waals surface area contributed by atoms with Gasteiger partial charge in [-0.2, -0.15) is 5.26 Å². The first kappa shape index (κ1) is 12.9. The van der Waals surface area contributed by atoms with E-state index in [4.69, 9.17) is 5.26 Å². The lowest BCUT2D eigenvalue weighted by Crippen LogP contribution is -2.12. The predicted molar refractivity (Wildman–Crippen MR) is 70.1 cm³/mol. The third-order valence-electron chi connectivity index (χ3n) is 2.39. The highest BCUT2D eigenvalue weighted by Gasteiger charge is 2.14. The van der Waals surface area contributed by atoms with Crippen LogP contribution in [0.4, 0.5) is 5.69 Å². The summed E-state index contributed by atoms with van der Waals surface area (Å²) in [5, 5.41) is 17.9. The molecule has 0 aliphatic carbocycles. The summed E-state index contributed by atoms with van der Waals surface area (Å²) in [6.07, 6.45) is 0. The number of phenols is 1. The number of hydrogen-bond acceptors (Lipinski definition) is 4. The maximum absolute atomic E-state index is 12.0. The average molecular weight is 274 g/mol. The zero-order chi connectivity index (χ0) is 13.9. The lowest BCUT2D eigenvalue weighted by Gasteiger charge is -2.08.